The van der Waals surface area contributed by atoms with E-state index in [-0.39, 0.29) is 24.5 Å². The van der Waals surface area contributed by atoms with Crippen molar-refractivity contribution in [3.05, 3.63) is 35.9 Å². The van der Waals surface area contributed by atoms with E-state index < -0.39 is 5.54 Å². The van der Waals surface area contributed by atoms with Crippen molar-refractivity contribution in [2.45, 2.75) is 31.8 Å². The highest BCUT2D eigenvalue weighted by Crippen LogP contribution is 2.22. The van der Waals surface area contributed by atoms with Gasteiger partial charge in [0.05, 0.1) is 18.1 Å². The number of hydrogen-bond acceptors (Lipinski definition) is 3. The Bertz CT molecular complexity index is 435. The van der Waals surface area contributed by atoms with Crippen LogP contribution in [0.25, 0.3) is 0 Å². The van der Waals surface area contributed by atoms with E-state index in [4.69, 9.17) is 0 Å². The normalized spacial score (nSPS) is 25.8. The Morgan fingerprint density at radius 1 is 1.47 bits per heavy atom. The molecule has 0 aromatic heterocycles. The van der Waals surface area contributed by atoms with Crippen LogP contribution in [0.5, 0.6) is 0 Å². The summed E-state index contributed by atoms with van der Waals surface area (Å²) in [4.78, 5) is 12.3. The predicted octanol–water partition coefficient (Wildman–Crippen LogP) is 1.01. The Morgan fingerprint density at radius 3 is 2.68 bits per heavy atom. The quantitative estimate of drug-likeness (QED) is 0.759. The molecule has 1 amide bonds. The first kappa shape index (κ1) is 14.0. The number of nitrogens with one attached hydrogen (secondary N) is 2. The molecule has 4 nitrogen and oxygen atoms in total. The van der Waals surface area contributed by atoms with Crippen LogP contribution in [0, 0.1) is 5.92 Å². The molecule has 3 N–H and O–H groups in total. The van der Waals surface area contributed by atoms with Crippen LogP contribution in [0.4, 0.5) is 0 Å². The highest BCUT2D eigenvalue weighted by molar-refractivity contribution is 5.80. The van der Waals surface area contributed by atoms with E-state index >= 15 is 0 Å². The summed E-state index contributed by atoms with van der Waals surface area (Å²) in [6, 6.07) is 9.79. The molecule has 0 spiro atoms. The topological polar surface area (TPSA) is 61.4 Å². The second kappa shape index (κ2) is 5.72. The summed E-state index contributed by atoms with van der Waals surface area (Å²) >= 11 is 0. The Kier molecular flexibility index (Phi) is 4.22. The first-order valence-corrected chi connectivity index (χ1v) is 6.78. The van der Waals surface area contributed by atoms with Gasteiger partial charge < -0.3 is 15.7 Å². The molecule has 1 heterocycles. The molecule has 3 unspecified atom stereocenters. The van der Waals surface area contributed by atoms with Gasteiger partial charge in [0.25, 0.3) is 0 Å². The van der Waals surface area contributed by atoms with Gasteiger partial charge in [0.1, 0.15) is 0 Å². The number of carbonyl (C=O) groups is 1. The molecule has 1 aromatic carbocycles. The maximum Gasteiger partial charge on any atom is 0.225 e. The van der Waals surface area contributed by atoms with Crippen LogP contribution in [0.3, 0.4) is 0 Å². The number of hydrogen-bond donors (Lipinski definition) is 3. The summed E-state index contributed by atoms with van der Waals surface area (Å²) in [7, 11) is 0. The van der Waals surface area contributed by atoms with E-state index in [0.29, 0.717) is 0 Å². The average Bonchev–Trinajstić information content (AvgIpc) is 2.86. The van der Waals surface area contributed by atoms with Gasteiger partial charge in [0.2, 0.25) is 5.91 Å². The smallest absolute Gasteiger partial charge is 0.225 e. The van der Waals surface area contributed by atoms with Gasteiger partial charge >= 0.3 is 0 Å². The zero-order valence-corrected chi connectivity index (χ0v) is 11.5. The van der Waals surface area contributed by atoms with Gasteiger partial charge in [0, 0.05) is 6.04 Å². The molecule has 1 aromatic rings. The van der Waals surface area contributed by atoms with E-state index in [1.54, 1.807) is 0 Å². The van der Waals surface area contributed by atoms with E-state index in [2.05, 4.69) is 10.6 Å². The number of benzene rings is 1. The zero-order chi connectivity index (χ0) is 13.9. The van der Waals surface area contributed by atoms with Gasteiger partial charge in [-0.05, 0) is 32.4 Å². The molecule has 0 aliphatic carbocycles. The number of amides is 1. The number of rotatable bonds is 4. The molecular formula is C15H22N2O2. The fourth-order valence-electron chi connectivity index (χ4n) is 2.59. The van der Waals surface area contributed by atoms with Crippen LogP contribution in [-0.4, -0.2) is 30.2 Å². The molecule has 3 atom stereocenters. The third-order valence-electron chi connectivity index (χ3n) is 3.99. The number of aliphatic hydroxyl groups excluding tert-OH is 1. The Hall–Kier alpha value is -1.39. The standard InChI is InChI=1S/C15H22N2O2/c1-11-13(8-9-16-11)14(19)17-15(2,10-18)12-6-4-3-5-7-12/h3-7,11,13,16,18H,8-10H2,1-2H3,(H,17,19). The molecule has 0 bridgehead atoms. The highest BCUT2D eigenvalue weighted by atomic mass is 16.3. The summed E-state index contributed by atoms with van der Waals surface area (Å²) in [5.41, 5.74) is 0.199. The summed E-state index contributed by atoms with van der Waals surface area (Å²) in [6.07, 6.45) is 0.850. The van der Waals surface area contributed by atoms with Crippen LogP contribution in [0.1, 0.15) is 25.8 Å². The summed E-state index contributed by atoms with van der Waals surface area (Å²) in [5, 5.41) is 15.9. The molecule has 0 radical (unpaired) electrons. The summed E-state index contributed by atoms with van der Waals surface area (Å²) in [6.45, 7) is 4.64. The molecule has 1 aliphatic heterocycles. The van der Waals surface area contributed by atoms with Crippen molar-refractivity contribution in [2.75, 3.05) is 13.2 Å². The van der Waals surface area contributed by atoms with E-state index in [1.807, 2.05) is 44.2 Å². The first-order valence-electron chi connectivity index (χ1n) is 6.78. The minimum Gasteiger partial charge on any atom is -0.394 e. The van der Waals surface area contributed by atoms with Crippen molar-refractivity contribution in [2.24, 2.45) is 5.92 Å². The second-order valence-corrected chi connectivity index (χ2v) is 5.48. The molecule has 1 aliphatic rings. The average molecular weight is 262 g/mol. The minimum atomic E-state index is -0.722. The van der Waals surface area contributed by atoms with Gasteiger partial charge in [-0.2, -0.15) is 0 Å². The molecule has 1 saturated heterocycles. The third kappa shape index (κ3) is 2.96. The molecule has 19 heavy (non-hydrogen) atoms. The van der Waals surface area contributed by atoms with Crippen molar-refractivity contribution >= 4 is 5.91 Å². The third-order valence-corrected chi connectivity index (χ3v) is 3.99. The van der Waals surface area contributed by atoms with Crippen molar-refractivity contribution < 1.29 is 9.90 Å². The van der Waals surface area contributed by atoms with Crippen molar-refractivity contribution in [1.29, 1.82) is 0 Å². The van der Waals surface area contributed by atoms with E-state index in [0.717, 1.165) is 18.5 Å². The van der Waals surface area contributed by atoms with Crippen LogP contribution in [0.2, 0.25) is 0 Å². The summed E-state index contributed by atoms with van der Waals surface area (Å²) < 4.78 is 0. The van der Waals surface area contributed by atoms with Crippen LogP contribution in [0.15, 0.2) is 30.3 Å². The van der Waals surface area contributed by atoms with Crippen molar-refractivity contribution in [3.63, 3.8) is 0 Å². The number of carbonyl (C=O) groups excluding carboxylic acids is 1. The van der Waals surface area contributed by atoms with Crippen molar-refractivity contribution in [1.82, 2.24) is 10.6 Å². The zero-order valence-electron chi connectivity index (χ0n) is 11.5. The Balaban J connectivity index is 2.12. The molecule has 4 heteroatoms. The van der Waals surface area contributed by atoms with Gasteiger partial charge in [-0.3, -0.25) is 4.79 Å². The van der Waals surface area contributed by atoms with E-state index in [1.165, 1.54) is 0 Å². The fourth-order valence-corrected chi connectivity index (χ4v) is 2.59. The van der Waals surface area contributed by atoms with Gasteiger partial charge in [-0.25, -0.2) is 0 Å². The molecular weight excluding hydrogens is 240 g/mol. The fraction of sp³-hybridized carbons (Fsp3) is 0.533. The molecule has 0 saturated carbocycles. The van der Waals surface area contributed by atoms with Crippen molar-refractivity contribution in [3.8, 4) is 0 Å². The Labute approximate surface area is 114 Å². The maximum absolute atomic E-state index is 12.3. The van der Waals surface area contributed by atoms with Gasteiger partial charge in [0.15, 0.2) is 0 Å². The SMILES string of the molecule is CC1NCCC1C(=O)NC(C)(CO)c1ccccc1. The van der Waals surface area contributed by atoms with Crippen LogP contribution < -0.4 is 10.6 Å². The maximum atomic E-state index is 12.3. The highest BCUT2D eigenvalue weighted by Gasteiger charge is 2.34. The molecule has 2 rings (SSSR count). The van der Waals surface area contributed by atoms with Gasteiger partial charge in [-0.1, -0.05) is 30.3 Å². The second-order valence-electron chi connectivity index (χ2n) is 5.48. The predicted molar refractivity (Wildman–Crippen MR) is 74.6 cm³/mol. The van der Waals surface area contributed by atoms with Gasteiger partial charge in [-0.15, -0.1) is 0 Å². The minimum absolute atomic E-state index is 0.0119. The molecule has 1 fully saturated rings. The van der Waals surface area contributed by atoms with Crippen LogP contribution >= 0.6 is 0 Å². The first-order chi connectivity index (χ1) is 9.07. The van der Waals surface area contributed by atoms with Crippen LogP contribution in [-0.2, 0) is 10.3 Å². The summed E-state index contributed by atoms with van der Waals surface area (Å²) in [5.74, 6) is -0.00695. The number of aliphatic hydroxyl groups is 1. The Morgan fingerprint density at radius 2 is 2.16 bits per heavy atom. The lowest BCUT2D eigenvalue weighted by Gasteiger charge is -2.31. The largest absolute Gasteiger partial charge is 0.394 e. The lowest BCUT2D eigenvalue weighted by Crippen LogP contribution is -2.50. The lowest BCUT2D eigenvalue weighted by atomic mass is 9.91. The molecule has 104 valence electrons. The monoisotopic (exact) mass is 262 g/mol. The van der Waals surface area contributed by atoms with E-state index in [9.17, 15) is 9.90 Å². The lowest BCUT2D eigenvalue weighted by molar-refractivity contribution is -0.127.